The summed E-state index contributed by atoms with van der Waals surface area (Å²) in [5.74, 6) is 1.97. The number of para-hydroxylation sites is 1. The molecule has 12 heteroatoms. The quantitative estimate of drug-likeness (QED) is 0.198. The third-order valence-corrected chi connectivity index (χ3v) is 10.2. The first-order chi connectivity index (χ1) is 21.8. The smallest absolute Gasteiger partial charge is 0.231 e. The lowest BCUT2D eigenvalue weighted by atomic mass is 9.99. The molecule has 238 valence electrons. The molecule has 2 fully saturated rings. The number of rotatable bonds is 10. The van der Waals surface area contributed by atoms with Crippen LogP contribution in [0.1, 0.15) is 25.3 Å². The van der Waals surface area contributed by atoms with Crippen LogP contribution in [0.3, 0.4) is 0 Å². The van der Waals surface area contributed by atoms with Gasteiger partial charge in [-0.05, 0) is 56.4 Å². The van der Waals surface area contributed by atoms with E-state index >= 15 is 0 Å². The van der Waals surface area contributed by atoms with E-state index in [4.69, 9.17) is 14.1 Å². The van der Waals surface area contributed by atoms with Crippen LogP contribution >= 0.6 is 7.14 Å². The lowest BCUT2D eigenvalue weighted by Gasteiger charge is -2.41. The molecule has 0 spiro atoms. The van der Waals surface area contributed by atoms with Crippen molar-refractivity contribution in [1.82, 2.24) is 25.2 Å². The Labute approximate surface area is 265 Å². The van der Waals surface area contributed by atoms with E-state index in [0.29, 0.717) is 34.9 Å². The highest BCUT2D eigenvalue weighted by atomic mass is 31.2. The van der Waals surface area contributed by atoms with Crippen molar-refractivity contribution in [3.05, 3.63) is 60.6 Å². The second-order valence-electron chi connectivity index (χ2n) is 12.0. The largest absolute Gasteiger partial charge is 0.494 e. The number of hydrogen-bond donors (Lipinski definition) is 3. The minimum absolute atomic E-state index is 0.381. The van der Waals surface area contributed by atoms with Crippen molar-refractivity contribution in [2.75, 3.05) is 75.2 Å². The molecule has 45 heavy (non-hydrogen) atoms. The van der Waals surface area contributed by atoms with Crippen LogP contribution in [0.4, 0.5) is 28.8 Å². The van der Waals surface area contributed by atoms with Crippen LogP contribution in [-0.4, -0.2) is 85.6 Å². The van der Waals surface area contributed by atoms with Gasteiger partial charge < -0.3 is 34.6 Å². The Balaban J connectivity index is 1.27. The summed E-state index contributed by atoms with van der Waals surface area (Å²) in [6.07, 6.45) is 7.98. The van der Waals surface area contributed by atoms with Gasteiger partial charge in [0, 0.05) is 68.6 Å². The average Bonchev–Trinajstić information content (AvgIpc) is 3.60. The van der Waals surface area contributed by atoms with Gasteiger partial charge in [0.25, 0.3) is 0 Å². The van der Waals surface area contributed by atoms with Crippen molar-refractivity contribution in [2.45, 2.75) is 32.2 Å². The summed E-state index contributed by atoms with van der Waals surface area (Å²) >= 11 is 0. The van der Waals surface area contributed by atoms with Gasteiger partial charge in [-0.2, -0.15) is 4.98 Å². The van der Waals surface area contributed by atoms with Crippen molar-refractivity contribution in [2.24, 2.45) is 0 Å². The first-order valence-electron chi connectivity index (χ1n) is 15.7. The SMILES string of the molecule is CCc1cc(Nc2ncc(-c3ncco3)c(Nc3ccccc3P(C)(C)=O)n2)c(OC)cc1N1CCC(N2CCNCC2)CC1. The Morgan fingerprint density at radius 3 is 2.51 bits per heavy atom. The zero-order chi connectivity index (χ0) is 31.4. The van der Waals surface area contributed by atoms with E-state index in [-0.39, 0.29) is 0 Å². The van der Waals surface area contributed by atoms with Crippen molar-refractivity contribution in [3.8, 4) is 17.2 Å². The predicted molar refractivity (Wildman–Crippen MR) is 182 cm³/mol. The molecule has 2 aromatic heterocycles. The molecule has 6 rings (SSSR count). The van der Waals surface area contributed by atoms with Crippen LogP contribution in [0.25, 0.3) is 11.5 Å². The molecule has 2 aliphatic rings. The van der Waals surface area contributed by atoms with Crippen LogP contribution in [-0.2, 0) is 11.0 Å². The fourth-order valence-corrected chi connectivity index (χ4v) is 7.48. The number of piperidine rings is 1. The van der Waals surface area contributed by atoms with Crippen LogP contribution in [0, 0.1) is 0 Å². The summed E-state index contributed by atoms with van der Waals surface area (Å²) in [6.45, 7) is 12.2. The zero-order valence-corrected chi connectivity index (χ0v) is 27.4. The summed E-state index contributed by atoms with van der Waals surface area (Å²) < 4.78 is 24.6. The monoisotopic (exact) mass is 630 g/mol. The van der Waals surface area contributed by atoms with Gasteiger partial charge in [0.1, 0.15) is 25.0 Å². The second-order valence-corrected chi connectivity index (χ2v) is 15.1. The summed E-state index contributed by atoms with van der Waals surface area (Å²) in [4.78, 5) is 18.9. The van der Waals surface area contributed by atoms with Gasteiger partial charge in [-0.1, -0.05) is 19.1 Å². The molecule has 2 saturated heterocycles. The lowest BCUT2D eigenvalue weighted by Crippen LogP contribution is -2.52. The fourth-order valence-electron chi connectivity index (χ4n) is 6.32. The number of nitrogens with one attached hydrogen (secondary N) is 3. The average molecular weight is 631 g/mol. The second kappa shape index (κ2) is 13.6. The van der Waals surface area contributed by atoms with Gasteiger partial charge in [0.15, 0.2) is 0 Å². The summed E-state index contributed by atoms with van der Waals surface area (Å²) in [7, 11) is -0.877. The van der Waals surface area contributed by atoms with Gasteiger partial charge in [-0.25, -0.2) is 9.97 Å². The zero-order valence-electron chi connectivity index (χ0n) is 26.5. The maximum Gasteiger partial charge on any atom is 0.231 e. The molecular weight excluding hydrogens is 587 g/mol. The molecule has 0 unspecified atom stereocenters. The lowest BCUT2D eigenvalue weighted by molar-refractivity contribution is 0.150. The number of methoxy groups -OCH3 is 1. The highest BCUT2D eigenvalue weighted by Gasteiger charge is 2.27. The number of anilines is 5. The third-order valence-electron chi connectivity index (χ3n) is 8.69. The Bertz CT molecular complexity index is 1640. The maximum absolute atomic E-state index is 13.1. The number of oxazole rings is 1. The van der Waals surface area contributed by atoms with E-state index < -0.39 is 7.14 Å². The number of benzene rings is 2. The van der Waals surface area contributed by atoms with E-state index in [1.165, 1.54) is 30.4 Å². The van der Waals surface area contributed by atoms with E-state index in [2.05, 4.69) is 54.8 Å². The highest BCUT2D eigenvalue weighted by molar-refractivity contribution is 7.70. The minimum atomic E-state index is -2.57. The van der Waals surface area contributed by atoms with Gasteiger partial charge >= 0.3 is 0 Å². The molecule has 0 saturated carbocycles. The molecule has 0 atom stereocenters. The molecule has 11 nitrogen and oxygen atoms in total. The van der Waals surface area contributed by atoms with Crippen molar-refractivity contribution >= 4 is 41.3 Å². The third kappa shape index (κ3) is 7.01. The van der Waals surface area contributed by atoms with Crippen LogP contribution < -0.4 is 30.9 Å². The Morgan fingerprint density at radius 1 is 1.04 bits per heavy atom. The fraction of sp³-hybridized carbons (Fsp3) is 0.424. The molecule has 0 amide bonds. The Kier molecular flexibility index (Phi) is 9.40. The summed E-state index contributed by atoms with van der Waals surface area (Å²) in [5, 5.41) is 11.0. The molecule has 0 radical (unpaired) electrons. The molecule has 4 heterocycles. The molecule has 4 aromatic rings. The Morgan fingerprint density at radius 2 is 1.82 bits per heavy atom. The molecular formula is C33H43N8O3P. The number of hydrogen-bond acceptors (Lipinski definition) is 11. The number of ether oxygens (including phenoxy) is 1. The first-order valence-corrected chi connectivity index (χ1v) is 18.3. The molecule has 2 aliphatic heterocycles. The summed E-state index contributed by atoms with van der Waals surface area (Å²) in [5.41, 5.74) is 4.55. The normalized spacial score (nSPS) is 16.5. The van der Waals surface area contributed by atoms with E-state index in [0.717, 1.165) is 62.4 Å². The molecule has 2 aromatic carbocycles. The van der Waals surface area contributed by atoms with Crippen molar-refractivity contribution in [1.29, 1.82) is 0 Å². The number of nitrogens with zero attached hydrogens (tertiary/aromatic N) is 5. The first kappa shape index (κ1) is 31.1. The summed E-state index contributed by atoms with van der Waals surface area (Å²) in [6, 6.07) is 12.5. The topological polar surface area (TPSA) is 121 Å². The van der Waals surface area contributed by atoms with Crippen molar-refractivity contribution < 1.29 is 13.7 Å². The van der Waals surface area contributed by atoms with Crippen LogP contribution in [0.5, 0.6) is 5.75 Å². The van der Waals surface area contributed by atoms with Crippen LogP contribution in [0.15, 0.2) is 59.5 Å². The standard InChI is InChI=1S/C33H43N8O3P/c1-5-23-20-27(29(43-2)21-28(23)41-15-10-24(11-16-41)40-17-12-34-13-18-40)38-33-36-22-25(32-35-14-19-44-32)31(39-33)37-26-8-6-7-9-30(26)45(3,4)42/h6-9,14,19-22,24,34H,5,10-13,15-18H2,1-4H3,(H2,36,37,38,39). The van der Waals surface area contributed by atoms with Gasteiger partial charge in [0.05, 0.1) is 30.2 Å². The van der Waals surface area contributed by atoms with E-state index in [9.17, 15) is 4.57 Å². The van der Waals surface area contributed by atoms with Crippen molar-refractivity contribution in [3.63, 3.8) is 0 Å². The minimum Gasteiger partial charge on any atom is -0.494 e. The van der Waals surface area contributed by atoms with Crippen LogP contribution in [0.2, 0.25) is 0 Å². The van der Waals surface area contributed by atoms with E-state index in [1.54, 1.807) is 32.8 Å². The predicted octanol–water partition coefficient (Wildman–Crippen LogP) is 5.31. The molecule has 0 bridgehead atoms. The number of aryl methyl sites for hydroxylation is 1. The van der Waals surface area contributed by atoms with Gasteiger partial charge in [-0.3, -0.25) is 4.90 Å². The van der Waals surface area contributed by atoms with Gasteiger partial charge in [-0.15, -0.1) is 0 Å². The van der Waals surface area contributed by atoms with Gasteiger partial charge in [0.2, 0.25) is 11.8 Å². The maximum atomic E-state index is 13.1. The Hall–Kier alpha value is -3.92. The highest BCUT2D eigenvalue weighted by Crippen LogP contribution is 2.40. The number of aromatic nitrogens is 3. The molecule has 0 aliphatic carbocycles. The number of piperazine rings is 1. The molecule has 3 N–H and O–H groups in total. The van der Waals surface area contributed by atoms with E-state index in [1.807, 2.05) is 24.3 Å².